The molecule has 23 heavy (non-hydrogen) atoms. The van der Waals surface area contributed by atoms with Gasteiger partial charge in [-0.2, -0.15) is 0 Å². The first-order chi connectivity index (χ1) is 11.0. The summed E-state index contributed by atoms with van der Waals surface area (Å²) in [4.78, 5) is 6.61. The number of nitrogens with one attached hydrogen (secondary N) is 1. The average Bonchev–Trinajstić information content (AvgIpc) is 2.79. The van der Waals surface area contributed by atoms with Crippen molar-refractivity contribution >= 4 is 28.8 Å². The van der Waals surface area contributed by atoms with E-state index in [1.807, 2.05) is 0 Å². The van der Waals surface area contributed by atoms with E-state index in [-0.39, 0.29) is 5.84 Å². The van der Waals surface area contributed by atoms with Crippen LogP contribution in [-0.2, 0) is 6.54 Å². The molecule has 0 aliphatic rings. The molecule has 2 aromatic rings. The number of nitrogens with zero attached hydrogens (tertiary/aromatic N) is 2. The Morgan fingerprint density at radius 1 is 1.39 bits per heavy atom. The van der Waals surface area contributed by atoms with Gasteiger partial charge in [0.05, 0.1) is 12.7 Å². The summed E-state index contributed by atoms with van der Waals surface area (Å²) >= 11 is 7.67. The van der Waals surface area contributed by atoms with Gasteiger partial charge in [0, 0.05) is 22.1 Å². The molecule has 0 aliphatic heterocycles. The predicted molar refractivity (Wildman–Crippen MR) is 97.1 cm³/mol. The number of aromatic nitrogens is 1. The molecule has 0 bridgehead atoms. The predicted octanol–water partition coefficient (Wildman–Crippen LogP) is 4.55. The lowest BCUT2D eigenvalue weighted by Gasteiger charge is -2.08. The Morgan fingerprint density at radius 2 is 2.13 bits per heavy atom. The smallest absolute Gasteiger partial charge is 0.191 e. The molecule has 0 unspecified atom stereocenters. The minimum Gasteiger partial charge on any atom is -0.496 e. The van der Waals surface area contributed by atoms with E-state index < -0.39 is 0 Å². The summed E-state index contributed by atoms with van der Waals surface area (Å²) in [6.07, 6.45) is 2.22. The normalized spacial score (nSPS) is 11.8. The van der Waals surface area contributed by atoms with Gasteiger partial charge in [-0.1, -0.05) is 24.9 Å². The second-order valence-electron chi connectivity index (χ2n) is 5.34. The van der Waals surface area contributed by atoms with E-state index in [2.05, 4.69) is 30.3 Å². The number of halogens is 1. The number of benzene rings is 1. The van der Waals surface area contributed by atoms with Crippen LogP contribution in [0.3, 0.4) is 0 Å². The van der Waals surface area contributed by atoms with Crippen molar-refractivity contribution < 1.29 is 4.74 Å². The third-order valence-electron chi connectivity index (χ3n) is 3.75. The van der Waals surface area contributed by atoms with Gasteiger partial charge in [-0.05, 0) is 38.5 Å². The van der Waals surface area contributed by atoms with E-state index in [9.17, 15) is 0 Å². The Labute approximate surface area is 145 Å². The largest absolute Gasteiger partial charge is 0.496 e. The molecule has 0 amide bonds. The van der Waals surface area contributed by atoms with Gasteiger partial charge in [-0.15, -0.1) is 11.3 Å². The molecule has 2 rings (SSSR count). The van der Waals surface area contributed by atoms with Crippen LogP contribution in [0.4, 0.5) is 0 Å². The van der Waals surface area contributed by atoms with Gasteiger partial charge in [0.15, 0.2) is 10.6 Å². The SMILES string of the molecule is CCCCn1c(C)c(C)s/c1=N\C(=N)c1cc(Cl)ccc1OC. The molecule has 4 nitrogen and oxygen atoms in total. The van der Waals surface area contributed by atoms with E-state index in [4.69, 9.17) is 21.7 Å². The third-order valence-corrected chi connectivity index (χ3v) is 5.08. The quantitative estimate of drug-likeness (QED) is 0.623. The maximum Gasteiger partial charge on any atom is 0.191 e. The zero-order valence-corrected chi connectivity index (χ0v) is 15.5. The standard InChI is InChI=1S/C17H22ClN3OS/c1-5-6-9-21-11(2)12(3)23-17(21)20-16(19)14-10-13(18)7-8-15(14)22-4/h7-8,10,19H,5-6,9H2,1-4H3/b19-16?,20-17-. The van der Waals surface area contributed by atoms with Crippen LogP contribution in [0.15, 0.2) is 23.2 Å². The van der Waals surface area contributed by atoms with Gasteiger partial charge in [0.1, 0.15) is 5.75 Å². The second kappa shape index (κ2) is 7.79. The summed E-state index contributed by atoms with van der Waals surface area (Å²) in [5.74, 6) is 0.768. The highest BCUT2D eigenvalue weighted by molar-refractivity contribution is 7.09. The maximum atomic E-state index is 8.35. The highest BCUT2D eigenvalue weighted by Gasteiger charge is 2.11. The number of ether oxygens (including phenoxy) is 1. The number of unbranched alkanes of at least 4 members (excludes halogenated alkanes) is 1. The molecule has 0 saturated heterocycles. The lowest BCUT2D eigenvalue weighted by Crippen LogP contribution is -2.18. The Hall–Kier alpha value is -1.59. The fourth-order valence-corrected chi connectivity index (χ4v) is 3.46. The topological polar surface area (TPSA) is 50.4 Å². The molecule has 0 aliphatic carbocycles. The van der Waals surface area contributed by atoms with E-state index in [1.54, 1.807) is 36.6 Å². The highest BCUT2D eigenvalue weighted by Crippen LogP contribution is 2.23. The monoisotopic (exact) mass is 351 g/mol. The van der Waals surface area contributed by atoms with Crippen molar-refractivity contribution in [3.63, 3.8) is 0 Å². The number of amidine groups is 1. The molecule has 124 valence electrons. The fourth-order valence-electron chi connectivity index (χ4n) is 2.28. The molecule has 0 radical (unpaired) electrons. The lowest BCUT2D eigenvalue weighted by molar-refractivity contribution is 0.414. The zero-order chi connectivity index (χ0) is 17.0. The average molecular weight is 352 g/mol. The van der Waals surface area contributed by atoms with Gasteiger partial charge in [0.25, 0.3) is 0 Å². The van der Waals surface area contributed by atoms with Crippen LogP contribution < -0.4 is 9.54 Å². The highest BCUT2D eigenvalue weighted by atomic mass is 35.5. The van der Waals surface area contributed by atoms with Gasteiger partial charge in [-0.25, -0.2) is 4.99 Å². The molecule has 1 aromatic carbocycles. The number of aryl methyl sites for hydroxylation is 1. The minimum absolute atomic E-state index is 0.163. The maximum absolute atomic E-state index is 8.35. The van der Waals surface area contributed by atoms with Gasteiger partial charge >= 0.3 is 0 Å². The summed E-state index contributed by atoms with van der Waals surface area (Å²) < 4.78 is 7.51. The molecule has 0 spiro atoms. The van der Waals surface area contributed by atoms with Crippen LogP contribution in [-0.4, -0.2) is 17.5 Å². The molecule has 0 atom stereocenters. The summed E-state index contributed by atoms with van der Waals surface area (Å²) in [5.41, 5.74) is 1.82. The summed E-state index contributed by atoms with van der Waals surface area (Å²) in [6, 6.07) is 5.23. The van der Waals surface area contributed by atoms with E-state index in [1.165, 1.54) is 10.6 Å². The van der Waals surface area contributed by atoms with Crippen molar-refractivity contribution in [3.8, 4) is 5.75 Å². The van der Waals surface area contributed by atoms with Crippen LogP contribution in [0.2, 0.25) is 5.02 Å². The van der Waals surface area contributed by atoms with Crippen molar-refractivity contribution in [1.29, 1.82) is 5.41 Å². The number of hydrogen-bond donors (Lipinski definition) is 1. The number of methoxy groups -OCH3 is 1. The molecule has 1 aromatic heterocycles. The molecule has 6 heteroatoms. The molecule has 1 heterocycles. The Bertz CT molecular complexity index is 777. The van der Waals surface area contributed by atoms with E-state index in [0.29, 0.717) is 16.3 Å². The van der Waals surface area contributed by atoms with Crippen molar-refractivity contribution in [2.75, 3.05) is 7.11 Å². The lowest BCUT2D eigenvalue weighted by atomic mass is 10.2. The third kappa shape index (κ3) is 4.03. The number of rotatable bonds is 5. The van der Waals surface area contributed by atoms with Crippen LogP contribution in [0.1, 0.15) is 35.9 Å². The first kappa shape index (κ1) is 17.8. The van der Waals surface area contributed by atoms with Gasteiger partial charge < -0.3 is 9.30 Å². The van der Waals surface area contributed by atoms with Gasteiger partial charge in [0.2, 0.25) is 0 Å². The minimum atomic E-state index is 0.163. The summed E-state index contributed by atoms with van der Waals surface area (Å²) in [6.45, 7) is 7.28. The van der Waals surface area contributed by atoms with Crippen molar-refractivity contribution in [2.45, 2.75) is 40.2 Å². The zero-order valence-electron chi connectivity index (χ0n) is 13.9. The molecule has 1 N–H and O–H groups in total. The second-order valence-corrected chi connectivity index (χ2v) is 6.95. The van der Waals surface area contributed by atoms with Crippen LogP contribution >= 0.6 is 22.9 Å². The number of hydrogen-bond acceptors (Lipinski definition) is 3. The van der Waals surface area contributed by atoms with E-state index in [0.717, 1.165) is 24.2 Å². The van der Waals surface area contributed by atoms with Crippen molar-refractivity contribution in [1.82, 2.24) is 4.57 Å². The van der Waals surface area contributed by atoms with Crippen LogP contribution in [0.25, 0.3) is 0 Å². The molecular formula is C17H22ClN3OS. The van der Waals surface area contributed by atoms with E-state index >= 15 is 0 Å². The number of thiazole rings is 1. The van der Waals surface area contributed by atoms with Crippen molar-refractivity contribution in [3.05, 3.63) is 44.2 Å². The van der Waals surface area contributed by atoms with Gasteiger partial charge in [-0.3, -0.25) is 5.41 Å². The Morgan fingerprint density at radius 3 is 2.78 bits per heavy atom. The van der Waals surface area contributed by atoms with Crippen LogP contribution in [0, 0.1) is 19.3 Å². The molecule has 0 saturated carbocycles. The van der Waals surface area contributed by atoms with Crippen molar-refractivity contribution in [2.24, 2.45) is 4.99 Å². The first-order valence-corrected chi connectivity index (χ1v) is 8.81. The Kier molecular flexibility index (Phi) is 6.02. The van der Waals surface area contributed by atoms with Crippen LogP contribution in [0.5, 0.6) is 5.75 Å². The summed E-state index contributed by atoms with van der Waals surface area (Å²) in [5, 5.41) is 8.92. The molecular weight excluding hydrogens is 330 g/mol. The Balaban J connectivity index is 2.48. The summed E-state index contributed by atoms with van der Waals surface area (Å²) in [7, 11) is 1.58. The fraction of sp³-hybridized carbons (Fsp3) is 0.412. The first-order valence-electron chi connectivity index (χ1n) is 7.62. The molecule has 0 fully saturated rings.